The third kappa shape index (κ3) is 4.79. The van der Waals surface area contributed by atoms with Gasteiger partial charge in [-0.1, -0.05) is 19.1 Å². The van der Waals surface area contributed by atoms with E-state index < -0.39 is 0 Å². The van der Waals surface area contributed by atoms with Crippen molar-refractivity contribution < 1.29 is 13.9 Å². The van der Waals surface area contributed by atoms with Crippen molar-refractivity contribution in [3.8, 4) is 5.75 Å². The summed E-state index contributed by atoms with van der Waals surface area (Å²) in [6.07, 6.45) is 0. The van der Waals surface area contributed by atoms with Crippen LogP contribution in [0.5, 0.6) is 5.75 Å². The van der Waals surface area contributed by atoms with Gasteiger partial charge in [-0.3, -0.25) is 4.79 Å². The second-order valence-electron chi connectivity index (χ2n) is 4.22. The molecular formula is C16H16FNO2S. The van der Waals surface area contributed by atoms with E-state index in [0.29, 0.717) is 5.75 Å². The third-order valence-electron chi connectivity index (χ3n) is 2.64. The van der Waals surface area contributed by atoms with Gasteiger partial charge in [-0.15, -0.1) is 11.8 Å². The van der Waals surface area contributed by atoms with E-state index in [0.717, 1.165) is 16.3 Å². The van der Waals surface area contributed by atoms with Crippen LogP contribution in [-0.2, 0) is 4.79 Å². The van der Waals surface area contributed by atoms with Crippen LogP contribution in [0.2, 0.25) is 0 Å². The van der Waals surface area contributed by atoms with E-state index in [1.54, 1.807) is 11.8 Å². The average molecular weight is 305 g/mol. The van der Waals surface area contributed by atoms with Gasteiger partial charge in [0.1, 0.15) is 11.6 Å². The molecule has 0 saturated carbocycles. The van der Waals surface area contributed by atoms with Gasteiger partial charge < -0.3 is 10.1 Å². The van der Waals surface area contributed by atoms with Crippen molar-refractivity contribution in [3.63, 3.8) is 0 Å². The molecule has 1 N–H and O–H groups in total. The first-order chi connectivity index (χ1) is 10.2. The summed E-state index contributed by atoms with van der Waals surface area (Å²) in [5.41, 5.74) is 0.775. The Balaban J connectivity index is 1.91. The standard InChI is InChI=1S/C16H16FNO2S/c1-2-21-15-6-4-3-5-14(15)18-16(19)11-20-13-9-7-12(17)8-10-13/h3-10H,2,11H2,1H3,(H,18,19). The Morgan fingerprint density at radius 1 is 1.19 bits per heavy atom. The number of halogens is 1. The maximum Gasteiger partial charge on any atom is 0.262 e. The van der Waals surface area contributed by atoms with Crippen LogP contribution >= 0.6 is 11.8 Å². The first-order valence-electron chi connectivity index (χ1n) is 6.59. The van der Waals surface area contributed by atoms with Crippen molar-refractivity contribution in [3.05, 3.63) is 54.3 Å². The fourth-order valence-corrected chi connectivity index (χ4v) is 2.48. The summed E-state index contributed by atoms with van der Waals surface area (Å²) in [4.78, 5) is 12.9. The number of thioether (sulfide) groups is 1. The zero-order chi connectivity index (χ0) is 15.1. The molecule has 3 nitrogen and oxygen atoms in total. The Morgan fingerprint density at radius 2 is 1.90 bits per heavy atom. The summed E-state index contributed by atoms with van der Waals surface area (Å²) in [6, 6.07) is 13.2. The van der Waals surface area contributed by atoms with Crippen molar-refractivity contribution in [2.45, 2.75) is 11.8 Å². The van der Waals surface area contributed by atoms with E-state index in [1.807, 2.05) is 24.3 Å². The molecule has 0 aromatic heterocycles. The molecule has 5 heteroatoms. The largest absolute Gasteiger partial charge is 0.484 e. The number of hydrogen-bond donors (Lipinski definition) is 1. The molecule has 0 unspecified atom stereocenters. The van der Waals surface area contributed by atoms with Gasteiger partial charge in [0, 0.05) is 4.90 Å². The van der Waals surface area contributed by atoms with E-state index in [1.165, 1.54) is 24.3 Å². The number of nitrogens with one attached hydrogen (secondary N) is 1. The highest BCUT2D eigenvalue weighted by atomic mass is 32.2. The Morgan fingerprint density at radius 3 is 2.62 bits per heavy atom. The van der Waals surface area contributed by atoms with Crippen LogP contribution in [0.15, 0.2) is 53.4 Å². The molecule has 2 aromatic rings. The first-order valence-corrected chi connectivity index (χ1v) is 7.57. The molecular weight excluding hydrogens is 289 g/mol. The molecule has 2 aromatic carbocycles. The van der Waals surface area contributed by atoms with Crippen LogP contribution in [0.3, 0.4) is 0 Å². The van der Waals surface area contributed by atoms with Gasteiger partial charge in [-0.2, -0.15) is 0 Å². The zero-order valence-corrected chi connectivity index (χ0v) is 12.5. The molecule has 0 aliphatic heterocycles. The topological polar surface area (TPSA) is 38.3 Å². The minimum Gasteiger partial charge on any atom is -0.484 e. The monoisotopic (exact) mass is 305 g/mol. The molecule has 0 aliphatic carbocycles. The van der Waals surface area contributed by atoms with Gasteiger partial charge in [-0.05, 0) is 42.2 Å². The van der Waals surface area contributed by atoms with Gasteiger partial charge >= 0.3 is 0 Å². The highest BCUT2D eigenvalue weighted by Crippen LogP contribution is 2.26. The van der Waals surface area contributed by atoms with Crippen molar-refractivity contribution >= 4 is 23.4 Å². The number of ether oxygens (including phenoxy) is 1. The van der Waals surface area contributed by atoms with E-state index >= 15 is 0 Å². The smallest absolute Gasteiger partial charge is 0.262 e. The molecule has 0 bridgehead atoms. The van der Waals surface area contributed by atoms with Gasteiger partial charge in [0.05, 0.1) is 5.69 Å². The molecule has 0 spiro atoms. The summed E-state index contributed by atoms with van der Waals surface area (Å²) >= 11 is 1.66. The first kappa shape index (κ1) is 15.4. The third-order valence-corrected chi connectivity index (χ3v) is 3.60. The predicted molar refractivity (Wildman–Crippen MR) is 83.4 cm³/mol. The minimum atomic E-state index is -0.336. The molecule has 0 heterocycles. The Bertz CT molecular complexity index is 601. The van der Waals surface area contributed by atoms with E-state index in [9.17, 15) is 9.18 Å². The fraction of sp³-hybridized carbons (Fsp3) is 0.188. The Kier molecular flexibility index (Phi) is 5.63. The summed E-state index contributed by atoms with van der Waals surface area (Å²) in [5.74, 6) is 0.808. The van der Waals surface area contributed by atoms with Crippen molar-refractivity contribution in [2.75, 3.05) is 17.7 Å². The molecule has 0 radical (unpaired) electrons. The molecule has 2 rings (SSSR count). The van der Waals surface area contributed by atoms with E-state index in [2.05, 4.69) is 12.2 Å². The number of carbonyl (C=O) groups is 1. The normalized spacial score (nSPS) is 10.2. The summed E-state index contributed by atoms with van der Waals surface area (Å²) in [7, 11) is 0. The zero-order valence-electron chi connectivity index (χ0n) is 11.6. The van der Waals surface area contributed by atoms with Gasteiger partial charge in [-0.25, -0.2) is 4.39 Å². The van der Waals surface area contributed by atoms with Gasteiger partial charge in [0.25, 0.3) is 5.91 Å². The lowest BCUT2D eigenvalue weighted by Gasteiger charge is -2.10. The maximum absolute atomic E-state index is 12.8. The van der Waals surface area contributed by atoms with Crippen LogP contribution in [0, 0.1) is 5.82 Å². The number of anilines is 1. The highest BCUT2D eigenvalue weighted by Gasteiger charge is 2.07. The number of benzene rings is 2. The quantitative estimate of drug-likeness (QED) is 0.821. The van der Waals surface area contributed by atoms with Crippen molar-refractivity contribution in [1.82, 2.24) is 0 Å². The lowest BCUT2D eigenvalue weighted by Crippen LogP contribution is -2.20. The molecule has 0 saturated heterocycles. The molecule has 21 heavy (non-hydrogen) atoms. The van der Waals surface area contributed by atoms with Crippen LogP contribution < -0.4 is 10.1 Å². The van der Waals surface area contributed by atoms with Crippen LogP contribution in [0.1, 0.15) is 6.92 Å². The molecule has 0 aliphatic rings. The average Bonchev–Trinajstić information content (AvgIpc) is 2.49. The van der Waals surface area contributed by atoms with Crippen LogP contribution in [-0.4, -0.2) is 18.3 Å². The number of hydrogen-bond acceptors (Lipinski definition) is 3. The second kappa shape index (κ2) is 7.69. The summed E-state index contributed by atoms with van der Waals surface area (Å²) in [6.45, 7) is 1.94. The molecule has 110 valence electrons. The fourth-order valence-electron chi connectivity index (χ4n) is 1.72. The summed E-state index contributed by atoms with van der Waals surface area (Å²) in [5, 5.41) is 2.82. The van der Waals surface area contributed by atoms with Crippen LogP contribution in [0.4, 0.5) is 10.1 Å². The predicted octanol–water partition coefficient (Wildman–Crippen LogP) is 3.96. The molecule has 1 amide bonds. The minimum absolute atomic E-state index is 0.114. The highest BCUT2D eigenvalue weighted by molar-refractivity contribution is 7.99. The number of para-hydroxylation sites is 1. The van der Waals surface area contributed by atoms with E-state index in [4.69, 9.17) is 4.74 Å². The number of carbonyl (C=O) groups excluding carboxylic acids is 1. The summed E-state index contributed by atoms with van der Waals surface area (Å²) < 4.78 is 18.1. The van der Waals surface area contributed by atoms with Crippen molar-refractivity contribution in [1.29, 1.82) is 0 Å². The molecule has 0 fully saturated rings. The van der Waals surface area contributed by atoms with E-state index in [-0.39, 0.29) is 18.3 Å². The Labute approximate surface area is 127 Å². The SMILES string of the molecule is CCSc1ccccc1NC(=O)COc1ccc(F)cc1. The van der Waals surface area contributed by atoms with Gasteiger partial charge in [0.15, 0.2) is 6.61 Å². The second-order valence-corrected chi connectivity index (χ2v) is 5.53. The lowest BCUT2D eigenvalue weighted by molar-refractivity contribution is -0.118. The van der Waals surface area contributed by atoms with Crippen LogP contribution in [0.25, 0.3) is 0 Å². The number of rotatable bonds is 6. The maximum atomic E-state index is 12.8. The van der Waals surface area contributed by atoms with Gasteiger partial charge in [0.2, 0.25) is 0 Å². The Hall–Kier alpha value is -2.01. The number of amides is 1. The van der Waals surface area contributed by atoms with Crippen molar-refractivity contribution in [2.24, 2.45) is 0 Å². The lowest BCUT2D eigenvalue weighted by atomic mass is 10.3. The molecule has 0 atom stereocenters.